The van der Waals surface area contributed by atoms with Crippen molar-refractivity contribution in [1.82, 2.24) is 29.7 Å². The van der Waals surface area contributed by atoms with Gasteiger partial charge in [0.15, 0.2) is 17.0 Å². The van der Waals surface area contributed by atoms with Gasteiger partial charge in [-0.15, -0.1) is 0 Å². The number of aromatic nitrogens is 5. The molecule has 10 heteroatoms. The van der Waals surface area contributed by atoms with Gasteiger partial charge in [0, 0.05) is 30.4 Å². The molecule has 0 aliphatic carbocycles. The molecule has 35 heavy (non-hydrogen) atoms. The van der Waals surface area contributed by atoms with Crippen LogP contribution in [0, 0.1) is 13.8 Å². The van der Waals surface area contributed by atoms with Gasteiger partial charge >= 0.3 is 6.18 Å². The Hall–Kier alpha value is -3.69. The molecule has 0 bridgehead atoms. The molecule has 0 saturated heterocycles. The minimum atomic E-state index is -4.67. The average molecular weight is 485 g/mol. The highest BCUT2D eigenvalue weighted by Crippen LogP contribution is 2.32. The molecule has 0 atom stereocenters. The number of hydrogen-bond acceptors (Lipinski definition) is 4. The van der Waals surface area contributed by atoms with Gasteiger partial charge in [0.25, 0.3) is 5.91 Å². The second-order valence-corrected chi connectivity index (χ2v) is 8.86. The Bertz CT molecular complexity index is 1350. The standard InChI is InChI=1S/C25H27F3N6O/c1-15(2)18-6-8-19(9-7-18)20-13-22(25(26,27)28)34-23(30-20)14-21(32-34)24(35)29-10-5-11-33-17(4)12-16(3)31-33/h6-9,12-15H,5,10-11H2,1-4H3,(H,29,35). The smallest absolute Gasteiger partial charge is 0.351 e. The Balaban J connectivity index is 1.55. The molecular weight excluding hydrogens is 457 g/mol. The minimum absolute atomic E-state index is 0.0458. The molecule has 1 aromatic carbocycles. The van der Waals surface area contributed by atoms with E-state index in [0.29, 0.717) is 35.5 Å². The largest absolute Gasteiger partial charge is 0.433 e. The van der Waals surface area contributed by atoms with E-state index in [1.165, 1.54) is 6.07 Å². The Morgan fingerprint density at radius 3 is 2.37 bits per heavy atom. The van der Waals surface area contributed by atoms with Crippen LogP contribution in [0.1, 0.15) is 59.3 Å². The minimum Gasteiger partial charge on any atom is -0.351 e. The van der Waals surface area contributed by atoms with Gasteiger partial charge in [0.1, 0.15) is 0 Å². The summed E-state index contributed by atoms with van der Waals surface area (Å²) in [6.07, 6.45) is -4.06. The van der Waals surface area contributed by atoms with E-state index in [4.69, 9.17) is 0 Å². The first kappa shape index (κ1) is 24.4. The molecule has 0 aliphatic rings. The van der Waals surface area contributed by atoms with E-state index in [0.717, 1.165) is 23.0 Å². The van der Waals surface area contributed by atoms with Crippen molar-refractivity contribution in [2.45, 2.75) is 52.8 Å². The van der Waals surface area contributed by atoms with Gasteiger partial charge in [-0.25, -0.2) is 9.50 Å². The van der Waals surface area contributed by atoms with Gasteiger partial charge in [0.2, 0.25) is 0 Å². The summed E-state index contributed by atoms with van der Waals surface area (Å²) in [5, 5.41) is 11.0. The van der Waals surface area contributed by atoms with E-state index in [1.807, 2.05) is 50.6 Å². The number of carbonyl (C=O) groups excluding carboxylic acids is 1. The van der Waals surface area contributed by atoms with Crippen molar-refractivity contribution in [2.24, 2.45) is 0 Å². The third kappa shape index (κ3) is 5.36. The lowest BCUT2D eigenvalue weighted by Gasteiger charge is -2.12. The number of alkyl halides is 3. The Labute approximate surface area is 201 Å². The van der Waals surface area contributed by atoms with E-state index >= 15 is 0 Å². The molecule has 0 fully saturated rings. The van der Waals surface area contributed by atoms with E-state index in [1.54, 1.807) is 12.1 Å². The molecule has 0 radical (unpaired) electrons. The van der Waals surface area contributed by atoms with Gasteiger partial charge in [-0.1, -0.05) is 38.1 Å². The maximum Gasteiger partial charge on any atom is 0.433 e. The second-order valence-electron chi connectivity index (χ2n) is 8.86. The Morgan fingerprint density at radius 1 is 1.06 bits per heavy atom. The zero-order valence-electron chi connectivity index (χ0n) is 20.0. The van der Waals surface area contributed by atoms with Gasteiger partial charge in [0.05, 0.1) is 11.4 Å². The van der Waals surface area contributed by atoms with E-state index < -0.39 is 17.8 Å². The molecule has 4 aromatic rings. The summed E-state index contributed by atoms with van der Waals surface area (Å²) in [5.74, 6) is -0.256. The van der Waals surface area contributed by atoms with Crippen LogP contribution in [-0.2, 0) is 12.7 Å². The van der Waals surface area contributed by atoms with Crippen molar-refractivity contribution in [1.29, 1.82) is 0 Å². The number of aryl methyl sites for hydroxylation is 3. The highest BCUT2D eigenvalue weighted by molar-refractivity contribution is 5.93. The number of halogens is 3. The molecule has 0 saturated carbocycles. The molecule has 1 amide bonds. The van der Waals surface area contributed by atoms with Crippen molar-refractivity contribution in [3.63, 3.8) is 0 Å². The molecule has 0 spiro atoms. The first-order valence-electron chi connectivity index (χ1n) is 11.4. The number of rotatable bonds is 7. The van der Waals surface area contributed by atoms with Crippen LogP contribution >= 0.6 is 0 Å². The molecule has 4 rings (SSSR count). The van der Waals surface area contributed by atoms with Crippen LogP contribution in [0.2, 0.25) is 0 Å². The number of fused-ring (bicyclic) bond motifs is 1. The lowest BCUT2D eigenvalue weighted by Crippen LogP contribution is -2.26. The van der Waals surface area contributed by atoms with Crippen molar-refractivity contribution in [2.75, 3.05) is 6.54 Å². The fourth-order valence-corrected chi connectivity index (χ4v) is 3.90. The normalized spacial score (nSPS) is 12.0. The predicted octanol–water partition coefficient (Wildman–Crippen LogP) is 5.17. The van der Waals surface area contributed by atoms with Gasteiger partial charge in [-0.2, -0.15) is 23.4 Å². The van der Waals surface area contributed by atoms with Crippen molar-refractivity contribution in [3.8, 4) is 11.3 Å². The molecule has 0 aliphatic heterocycles. The summed E-state index contributed by atoms with van der Waals surface area (Å²) >= 11 is 0. The van der Waals surface area contributed by atoms with E-state index in [2.05, 4.69) is 20.5 Å². The zero-order valence-corrected chi connectivity index (χ0v) is 20.0. The van der Waals surface area contributed by atoms with Crippen LogP contribution < -0.4 is 5.32 Å². The molecule has 0 unspecified atom stereocenters. The first-order chi connectivity index (χ1) is 16.5. The number of amides is 1. The fraction of sp³-hybridized carbons (Fsp3) is 0.360. The van der Waals surface area contributed by atoms with Crippen LogP contribution in [0.3, 0.4) is 0 Å². The average Bonchev–Trinajstić information content (AvgIpc) is 3.37. The number of nitrogens with one attached hydrogen (secondary N) is 1. The summed E-state index contributed by atoms with van der Waals surface area (Å²) in [4.78, 5) is 16.9. The topological polar surface area (TPSA) is 77.1 Å². The lowest BCUT2D eigenvalue weighted by atomic mass is 10.0. The van der Waals surface area contributed by atoms with Crippen molar-refractivity contribution < 1.29 is 18.0 Å². The summed E-state index contributed by atoms with van der Waals surface area (Å²) in [5.41, 5.74) is 2.57. The maximum absolute atomic E-state index is 13.8. The molecule has 184 valence electrons. The summed E-state index contributed by atoms with van der Waals surface area (Å²) in [7, 11) is 0. The number of hydrogen-bond donors (Lipinski definition) is 1. The van der Waals surface area contributed by atoms with E-state index in [-0.39, 0.29) is 17.0 Å². The molecule has 7 nitrogen and oxygen atoms in total. The van der Waals surface area contributed by atoms with Crippen LogP contribution in [0.25, 0.3) is 16.9 Å². The summed E-state index contributed by atoms with van der Waals surface area (Å²) < 4.78 is 44.0. The number of nitrogens with zero attached hydrogens (tertiary/aromatic N) is 5. The maximum atomic E-state index is 13.8. The van der Waals surface area contributed by atoms with Crippen molar-refractivity contribution in [3.05, 3.63) is 70.8 Å². The monoisotopic (exact) mass is 484 g/mol. The van der Waals surface area contributed by atoms with Crippen LogP contribution in [-0.4, -0.2) is 36.8 Å². The third-order valence-corrected chi connectivity index (χ3v) is 5.76. The van der Waals surface area contributed by atoms with Crippen molar-refractivity contribution >= 4 is 11.6 Å². The number of carbonyl (C=O) groups is 1. The third-order valence-electron chi connectivity index (χ3n) is 5.76. The SMILES string of the molecule is Cc1cc(C)n(CCCNC(=O)c2cc3nc(-c4ccc(C(C)C)cc4)cc(C(F)(F)F)n3n2)n1. The lowest BCUT2D eigenvalue weighted by molar-refractivity contribution is -0.142. The van der Waals surface area contributed by atoms with Gasteiger partial charge < -0.3 is 5.32 Å². The predicted molar refractivity (Wildman–Crippen MR) is 126 cm³/mol. The Kier molecular flexibility index (Phi) is 6.64. The summed E-state index contributed by atoms with van der Waals surface area (Å²) in [6.45, 7) is 8.89. The van der Waals surface area contributed by atoms with Crippen LogP contribution in [0.15, 0.2) is 42.5 Å². The Morgan fingerprint density at radius 2 is 1.77 bits per heavy atom. The molecule has 3 aromatic heterocycles. The van der Waals surface area contributed by atoms with Crippen LogP contribution in [0.4, 0.5) is 13.2 Å². The van der Waals surface area contributed by atoms with E-state index in [9.17, 15) is 18.0 Å². The van der Waals surface area contributed by atoms with Gasteiger partial charge in [-0.3, -0.25) is 9.48 Å². The molecule has 3 heterocycles. The van der Waals surface area contributed by atoms with Gasteiger partial charge in [-0.05, 0) is 43.9 Å². The summed E-state index contributed by atoms with van der Waals surface area (Å²) in [6, 6.07) is 11.5. The zero-order chi connectivity index (χ0) is 25.3. The number of benzene rings is 1. The highest BCUT2D eigenvalue weighted by Gasteiger charge is 2.35. The van der Waals surface area contributed by atoms with Crippen LogP contribution in [0.5, 0.6) is 0 Å². The highest BCUT2D eigenvalue weighted by atomic mass is 19.4. The first-order valence-corrected chi connectivity index (χ1v) is 11.4. The fourth-order valence-electron chi connectivity index (χ4n) is 3.90. The molecule has 1 N–H and O–H groups in total. The quantitative estimate of drug-likeness (QED) is 0.367. The molecular formula is C25H27F3N6O. The second kappa shape index (κ2) is 9.52.